The smallest absolute Gasteiger partial charge is 0.263 e. The first-order valence-corrected chi connectivity index (χ1v) is 11.9. The fraction of sp³-hybridized carbons (Fsp3) is 0.308. The van der Waals surface area contributed by atoms with Crippen molar-refractivity contribution in [3.63, 3.8) is 0 Å². The van der Waals surface area contributed by atoms with E-state index in [4.69, 9.17) is 4.74 Å². The highest BCUT2D eigenvalue weighted by Crippen LogP contribution is 2.31. The van der Waals surface area contributed by atoms with Gasteiger partial charge in [0, 0.05) is 25.9 Å². The molecule has 32 heavy (non-hydrogen) atoms. The number of methoxy groups -OCH3 is 1. The Labute approximate surface area is 190 Å². The van der Waals surface area contributed by atoms with Crippen molar-refractivity contribution in [2.75, 3.05) is 14.2 Å². The predicted octanol–water partition coefficient (Wildman–Crippen LogP) is 5.21. The van der Waals surface area contributed by atoms with Crippen LogP contribution in [-0.2, 0) is 4.74 Å². The van der Waals surface area contributed by atoms with Crippen LogP contribution in [0.3, 0.4) is 0 Å². The van der Waals surface area contributed by atoms with E-state index in [1.807, 2.05) is 59.8 Å². The number of nitrogens with zero attached hydrogens (tertiary/aromatic N) is 2. The van der Waals surface area contributed by atoms with E-state index in [-0.39, 0.29) is 23.6 Å². The van der Waals surface area contributed by atoms with Crippen molar-refractivity contribution < 1.29 is 9.53 Å². The minimum absolute atomic E-state index is 0.0240. The number of hydrogen-bond acceptors (Lipinski definition) is 4. The number of rotatable bonds is 4. The number of likely N-dealkylation sites (N-methyl/N-ethyl adjacent to an activating group) is 1. The van der Waals surface area contributed by atoms with Gasteiger partial charge in [-0.3, -0.25) is 14.0 Å². The number of carbonyl (C=O) groups excluding carboxylic acids is 1. The van der Waals surface area contributed by atoms with Gasteiger partial charge in [0.25, 0.3) is 11.5 Å². The molecule has 0 radical (unpaired) electrons. The quantitative estimate of drug-likeness (QED) is 0.432. The summed E-state index contributed by atoms with van der Waals surface area (Å²) in [6.45, 7) is 0. The van der Waals surface area contributed by atoms with E-state index >= 15 is 0 Å². The summed E-state index contributed by atoms with van der Waals surface area (Å²) in [6.07, 6.45) is 5.90. The van der Waals surface area contributed by atoms with Crippen LogP contribution in [-0.4, -0.2) is 41.5 Å². The van der Waals surface area contributed by atoms with E-state index in [1.54, 1.807) is 35.1 Å². The Morgan fingerprint density at radius 2 is 1.91 bits per heavy atom. The summed E-state index contributed by atoms with van der Waals surface area (Å²) in [6, 6.07) is 15.3. The molecule has 6 heteroatoms. The lowest BCUT2D eigenvalue weighted by atomic mass is 9.91. The first kappa shape index (κ1) is 20.9. The standard InChI is InChI=1S/C26H26N2O3S/c1-27(21-10-6-7-11-22(21)31-2)25(29)20-16-19(17-8-4-3-5-9-17)26(30)28-14-12-18-13-15-32-24(18)23(20)28/h3-5,8-9,12-16,21-22H,6-7,10-11H2,1-2H3. The van der Waals surface area contributed by atoms with Crippen molar-refractivity contribution in [1.82, 2.24) is 9.30 Å². The van der Waals surface area contributed by atoms with Gasteiger partial charge >= 0.3 is 0 Å². The van der Waals surface area contributed by atoms with E-state index in [0.717, 1.165) is 41.3 Å². The summed E-state index contributed by atoms with van der Waals surface area (Å²) in [4.78, 5) is 29.2. The van der Waals surface area contributed by atoms with Gasteiger partial charge in [-0.1, -0.05) is 43.2 Å². The minimum atomic E-state index is -0.117. The first-order valence-electron chi connectivity index (χ1n) is 11.0. The molecule has 3 heterocycles. The van der Waals surface area contributed by atoms with Crippen molar-refractivity contribution in [2.24, 2.45) is 0 Å². The number of ether oxygens (including phenoxy) is 1. The van der Waals surface area contributed by atoms with Gasteiger partial charge in [-0.2, -0.15) is 0 Å². The van der Waals surface area contributed by atoms with E-state index in [2.05, 4.69) is 0 Å². The van der Waals surface area contributed by atoms with Gasteiger partial charge in [-0.05, 0) is 47.4 Å². The summed E-state index contributed by atoms with van der Waals surface area (Å²) in [7, 11) is 3.59. The minimum Gasteiger partial charge on any atom is -0.379 e. The number of hydrogen-bond donors (Lipinski definition) is 0. The largest absolute Gasteiger partial charge is 0.379 e. The molecule has 0 N–H and O–H groups in total. The zero-order chi connectivity index (χ0) is 22.2. The SMILES string of the molecule is COC1CCCCC1N(C)C(=O)c1cc(-c2ccccc2)c(=O)n2ccc3ccsc3c12. The Balaban J connectivity index is 1.73. The van der Waals surface area contributed by atoms with E-state index < -0.39 is 0 Å². The molecule has 1 fully saturated rings. The van der Waals surface area contributed by atoms with Crippen molar-refractivity contribution in [1.29, 1.82) is 0 Å². The average molecular weight is 447 g/mol. The van der Waals surface area contributed by atoms with Crippen LogP contribution in [0.2, 0.25) is 0 Å². The van der Waals surface area contributed by atoms with Gasteiger partial charge in [-0.25, -0.2) is 0 Å². The Morgan fingerprint density at radius 3 is 2.69 bits per heavy atom. The molecule has 164 valence electrons. The Morgan fingerprint density at radius 1 is 1.12 bits per heavy atom. The zero-order valence-corrected chi connectivity index (χ0v) is 19.1. The lowest BCUT2D eigenvalue weighted by Gasteiger charge is -2.37. The highest BCUT2D eigenvalue weighted by Gasteiger charge is 2.32. The van der Waals surface area contributed by atoms with Crippen LogP contribution in [0.5, 0.6) is 0 Å². The molecule has 1 amide bonds. The molecule has 0 aliphatic heterocycles. The molecular formula is C26H26N2O3S. The van der Waals surface area contributed by atoms with Crippen LogP contribution in [0.4, 0.5) is 0 Å². The number of fused-ring (bicyclic) bond motifs is 3. The average Bonchev–Trinajstić information content (AvgIpc) is 3.33. The van der Waals surface area contributed by atoms with Gasteiger partial charge in [0.15, 0.2) is 0 Å². The third-order valence-electron chi connectivity index (χ3n) is 6.65. The van der Waals surface area contributed by atoms with Gasteiger partial charge in [0.1, 0.15) is 0 Å². The summed E-state index contributed by atoms with van der Waals surface area (Å²) < 4.78 is 8.31. The lowest BCUT2D eigenvalue weighted by Crippen LogP contribution is -2.47. The van der Waals surface area contributed by atoms with Crippen LogP contribution < -0.4 is 5.56 Å². The van der Waals surface area contributed by atoms with Gasteiger partial charge in [0.2, 0.25) is 0 Å². The maximum Gasteiger partial charge on any atom is 0.263 e. The van der Waals surface area contributed by atoms with Gasteiger partial charge < -0.3 is 9.64 Å². The van der Waals surface area contributed by atoms with E-state index in [9.17, 15) is 9.59 Å². The second kappa shape index (κ2) is 8.52. The van der Waals surface area contributed by atoms with E-state index in [0.29, 0.717) is 16.6 Å². The van der Waals surface area contributed by atoms with Crippen LogP contribution >= 0.6 is 11.3 Å². The lowest BCUT2D eigenvalue weighted by molar-refractivity contribution is 0.00102. The monoisotopic (exact) mass is 446 g/mol. The fourth-order valence-corrected chi connectivity index (χ4v) is 5.87. The predicted molar refractivity (Wildman–Crippen MR) is 130 cm³/mol. The Hall–Kier alpha value is -2.96. The second-order valence-electron chi connectivity index (χ2n) is 8.42. The van der Waals surface area contributed by atoms with Gasteiger partial charge in [-0.15, -0.1) is 11.3 Å². The topological polar surface area (TPSA) is 51.0 Å². The second-order valence-corrected chi connectivity index (χ2v) is 9.34. The summed E-state index contributed by atoms with van der Waals surface area (Å²) in [5.74, 6) is -0.0745. The maximum absolute atomic E-state index is 13.9. The molecule has 2 atom stereocenters. The normalized spacial score (nSPS) is 18.8. The van der Waals surface area contributed by atoms with Gasteiger partial charge in [0.05, 0.1) is 27.9 Å². The van der Waals surface area contributed by atoms with Crippen molar-refractivity contribution in [3.05, 3.63) is 76.0 Å². The van der Waals surface area contributed by atoms with Crippen molar-refractivity contribution >= 4 is 32.8 Å². The number of thiophene rings is 1. The summed E-state index contributed by atoms with van der Waals surface area (Å²) in [5, 5.41) is 3.03. The molecule has 5 nitrogen and oxygen atoms in total. The highest BCUT2D eigenvalue weighted by molar-refractivity contribution is 7.18. The Bertz CT molecular complexity index is 1340. The van der Waals surface area contributed by atoms with Crippen molar-refractivity contribution in [3.8, 4) is 11.1 Å². The molecule has 2 unspecified atom stereocenters. The molecule has 1 aromatic carbocycles. The molecule has 0 bridgehead atoms. The molecule has 1 saturated carbocycles. The number of amides is 1. The van der Waals surface area contributed by atoms with Crippen LogP contribution in [0.1, 0.15) is 36.0 Å². The zero-order valence-electron chi connectivity index (χ0n) is 18.3. The molecule has 3 aromatic heterocycles. The molecule has 5 rings (SSSR count). The maximum atomic E-state index is 13.9. The van der Waals surface area contributed by atoms with Crippen molar-refractivity contribution in [2.45, 2.75) is 37.8 Å². The Kier molecular flexibility index (Phi) is 5.57. The van der Waals surface area contributed by atoms with Crippen LogP contribution in [0, 0.1) is 0 Å². The third-order valence-corrected chi connectivity index (χ3v) is 7.59. The number of carbonyl (C=O) groups is 1. The van der Waals surface area contributed by atoms with Crippen LogP contribution in [0.25, 0.3) is 26.7 Å². The molecule has 0 spiro atoms. The molecule has 4 aromatic rings. The third kappa shape index (κ3) is 3.44. The highest BCUT2D eigenvalue weighted by atomic mass is 32.1. The van der Waals surface area contributed by atoms with Crippen LogP contribution in [0.15, 0.2) is 64.9 Å². The summed E-state index contributed by atoms with van der Waals surface area (Å²) >= 11 is 1.56. The first-order chi connectivity index (χ1) is 15.6. The molecule has 0 saturated heterocycles. The number of aromatic nitrogens is 1. The molecular weight excluding hydrogens is 420 g/mol. The summed E-state index contributed by atoms with van der Waals surface area (Å²) in [5.41, 5.74) is 2.46. The fourth-order valence-electron chi connectivity index (χ4n) is 4.93. The number of benzene rings is 1. The molecule has 1 aliphatic rings. The molecule has 1 aliphatic carbocycles. The number of pyridine rings is 2. The van der Waals surface area contributed by atoms with E-state index in [1.165, 1.54) is 0 Å².